The summed E-state index contributed by atoms with van der Waals surface area (Å²) in [5, 5.41) is 1.34. The zero-order valence-electron chi connectivity index (χ0n) is 9.80. The first-order valence-electron chi connectivity index (χ1n) is 5.09. The second-order valence-electron chi connectivity index (χ2n) is 3.54. The molecule has 0 fully saturated rings. The summed E-state index contributed by atoms with van der Waals surface area (Å²) in [5.74, 6) is -1.69. The van der Waals surface area contributed by atoms with E-state index in [2.05, 4.69) is 20.7 Å². The predicted octanol–water partition coefficient (Wildman–Crippen LogP) is 3.26. The van der Waals surface area contributed by atoms with Gasteiger partial charge in [0, 0.05) is 11.1 Å². The number of benzene rings is 1. The molecular weight excluding hydrogens is 364 g/mol. The summed E-state index contributed by atoms with van der Waals surface area (Å²) in [7, 11) is 0. The minimum atomic E-state index is -4.79. The van der Waals surface area contributed by atoms with Gasteiger partial charge in [-0.3, -0.25) is 9.52 Å². The standard InChI is InChI=1S/C11H9BrF4N2OS/c12-4-10(19)18-20-5-9(17)6-1-2-8(13)7(3-6)11(14,15)16/h1-3,5H,4,17H2,(H,18,19)/b9-5-. The Kier molecular flexibility index (Phi) is 5.88. The quantitative estimate of drug-likeness (QED) is 0.484. The van der Waals surface area contributed by atoms with E-state index in [0.29, 0.717) is 12.1 Å². The molecule has 110 valence electrons. The van der Waals surface area contributed by atoms with E-state index in [1.54, 1.807) is 0 Å². The topological polar surface area (TPSA) is 55.1 Å². The van der Waals surface area contributed by atoms with Gasteiger partial charge >= 0.3 is 6.18 Å². The maximum atomic E-state index is 13.1. The number of nitrogens with one attached hydrogen (secondary N) is 1. The van der Waals surface area contributed by atoms with Gasteiger partial charge in [0.05, 0.1) is 10.9 Å². The van der Waals surface area contributed by atoms with E-state index in [9.17, 15) is 22.4 Å². The van der Waals surface area contributed by atoms with Crippen LogP contribution in [0, 0.1) is 5.82 Å². The smallest absolute Gasteiger partial charge is 0.398 e. The number of rotatable bonds is 4. The van der Waals surface area contributed by atoms with Crippen LogP contribution in [-0.4, -0.2) is 11.2 Å². The number of nitrogens with two attached hydrogens (primary N) is 1. The fraction of sp³-hybridized carbons (Fsp3) is 0.182. The highest BCUT2D eigenvalue weighted by atomic mass is 79.9. The molecule has 0 aromatic heterocycles. The van der Waals surface area contributed by atoms with E-state index in [1.807, 2.05) is 0 Å². The molecule has 3 nitrogen and oxygen atoms in total. The molecule has 0 aliphatic rings. The summed E-state index contributed by atoms with van der Waals surface area (Å²) in [6.45, 7) is 0. The van der Waals surface area contributed by atoms with Crippen molar-refractivity contribution in [2.45, 2.75) is 6.18 Å². The maximum absolute atomic E-state index is 13.1. The Bertz CT molecular complexity index is 534. The van der Waals surface area contributed by atoms with Gasteiger partial charge in [0.2, 0.25) is 5.91 Å². The maximum Gasteiger partial charge on any atom is 0.419 e. The van der Waals surface area contributed by atoms with Crippen LogP contribution in [0.5, 0.6) is 0 Å². The fourth-order valence-electron chi connectivity index (χ4n) is 1.18. The van der Waals surface area contributed by atoms with Crippen molar-refractivity contribution in [1.82, 2.24) is 4.72 Å². The van der Waals surface area contributed by atoms with Crippen molar-refractivity contribution < 1.29 is 22.4 Å². The first-order valence-corrected chi connectivity index (χ1v) is 7.09. The molecule has 0 aliphatic carbocycles. The highest BCUT2D eigenvalue weighted by Crippen LogP contribution is 2.32. The molecule has 0 radical (unpaired) electrons. The number of hydrogen-bond donors (Lipinski definition) is 2. The molecule has 0 atom stereocenters. The molecule has 0 saturated heterocycles. The lowest BCUT2D eigenvalue weighted by Crippen LogP contribution is -2.15. The number of alkyl halides is 4. The van der Waals surface area contributed by atoms with Crippen molar-refractivity contribution >= 4 is 39.5 Å². The van der Waals surface area contributed by atoms with Gasteiger partial charge in [-0.15, -0.1) is 0 Å². The summed E-state index contributed by atoms with van der Waals surface area (Å²) >= 11 is 3.74. The molecule has 0 aliphatic heterocycles. The normalized spacial score (nSPS) is 12.3. The number of halogens is 5. The molecule has 0 spiro atoms. The van der Waals surface area contributed by atoms with Crippen LogP contribution in [0.25, 0.3) is 5.70 Å². The first kappa shape index (κ1) is 16.8. The molecule has 1 aromatic rings. The van der Waals surface area contributed by atoms with E-state index in [0.717, 1.165) is 18.0 Å². The lowest BCUT2D eigenvalue weighted by molar-refractivity contribution is -0.140. The van der Waals surface area contributed by atoms with Gasteiger partial charge in [-0.05, 0) is 35.7 Å². The molecule has 9 heteroatoms. The first-order chi connectivity index (χ1) is 9.25. The molecule has 1 aromatic carbocycles. The summed E-state index contributed by atoms with van der Waals surface area (Å²) in [6.07, 6.45) is -4.79. The minimum absolute atomic E-state index is 0.0133. The van der Waals surface area contributed by atoms with Crippen LogP contribution < -0.4 is 10.5 Å². The second kappa shape index (κ2) is 6.98. The molecule has 0 heterocycles. The minimum Gasteiger partial charge on any atom is -0.398 e. The van der Waals surface area contributed by atoms with Crippen molar-refractivity contribution in [1.29, 1.82) is 0 Å². The van der Waals surface area contributed by atoms with E-state index in [1.165, 1.54) is 5.41 Å². The summed E-state index contributed by atoms with van der Waals surface area (Å²) in [5.41, 5.74) is 4.18. The average Bonchev–Trinajstić information content (AvgIpc) is 2.37. The van der Waals surface area contributed by atoms with Gasteiger partial charge in [-0.25, -0.2) is 4.39 Å². The molecular formula is C11H9BrF4N2OS. The summed E-state index contributed by atoms with van der Waals surface area (Å²) in [4.78, 5) is 10.9. The average molecular weight is 373 g/mol. The molecule has 0 unspecified atom stereocenters. The Morgan fingerprint density at radius 2 is 2.10 bits per heavy atom. The van der Waals surface area contributed by atoms with Crippen molar-refractivity contribution in [3.63, 3.8) is 0 Å². The third kappa shape index (κ3) is 4.71. The predicted molar refractivity (Wildman–Crippen MR) is 73.1 cm³/mol. The summed E-state index contributed by atoms with van der Waals surface area (Å²) in [6, 6.07) is 2.44. The zero-order valence-corrected chi connectivity index (χ0v) is 12.2. The van der Waals surface area contributed by atoms with Gasteiger partial charge in [0.15, 0.2) is 0 Å². The Labute approximate surface area is 124 Å². The highest BCUT2D eigenvalue weighted by Gasteiger charge is 2.34. The van der Waals surface area contributed by atoms with Crippen LogP contribution >= 0.6 is 27.9 Å². The van der Waals surface area contributed by atoms with E-state index < -0.39 is 17.6 Å². The van der Waals surface area contributed by atoms with Crippen molar-refractivity contribution in [2.24, 2.45) is 5.73 Å². The lowest BCUT2D eigenvalue weighted by Gasteiger charge is -2.10. The third-order valence-corrected chi connectivity index (χ3v) is 3.31. The number of carbonyl (C=O) groups excluding carboxylic acids is 1. The molecule has 1 rings (SSSR count). The Hall–Kier alpha value is -1.22. The number of hydrogen-bond acceptors (Lipinski definition) is 3. The van der Waals surface area contributed by atoms with Gasteiger partial charge in [0.1, 0.15) is 5.82 Å². The van der Waals surface area contributed by atoms with Crippen LogP contribution in [-0.2, 0) is 11.0 Å². The molecule has 20 heavy (non-hydrogen) atoms. The third-order valence-electron chi connectivity index (χ3n) is 2.09. The van der Waals surface area contributed by atoms with Gasteiger partial charge in [-0.2, -0.15) is 13.2 Å². The largest absolute Gasteiger partial charge is 0.419 e. The van der Waals surface area contributed by atoms with Crippen LogP contribution in [0.3, 0.4) is 0 Å². The SMILES string of the molecule is N/C(=C\SNC(=O)CBr)c1ccc(F)c(C(F)(F)F)c1. The van der Waals surface area contributed by atoms with Crippen LogP contribution in [0.4, 0.5) is 17.6 Å². The second-order valence-corrected chi connectivity index (χ2v) is 4.78. The van der Waals surface area contributed by atoms with E-state index in [-0.39, 0.29) is 22.5 Å². The molecule has 0 bridgehead atoms. The molecule has 1 amide bonds. The van der Waals surface area contributed by atoms with E-state index in [4.69, 9.17) is 5.73 Å². The Morgan fingerprint density at radius 3 is 2.65 bits per heavy atom. The number of carbonyl (C=O) groups is 1. The lowest BCUT2D eigenvalue weighted by atomic mass is 10.1. The van der Waals surface area contributed by atoms with E-state index >= 15 is 0 Å². The van der Waals surface area contributed by atoms with Crippen molar-refractivity contribution in [3.8, 4) is 0 Å². The highest BCUT2D eigenvalue weighted by molar-refractivity contribution is 9.09. The Morgan fingerprint density at radius 1 is 1.45 bits per heavy atom. The zero-order chi connectivity index (χ0) is 15.3. The van der Waals surface area contributed by atoms with Gasteiger partial charge in [-0.1, -0.05) is 15.9 Å². The van der Waals surface area contributed by atoms with Crippen molar-refractivity contribution in [2.75, 3.05) is 5.33 Å². The van der Waals surface area contributed by atoms with Crippen LogP contribution in [0.1, 0.15) is 11.1 Å². The number of amides is 1. The van der Waals surface area contributed by atoms with Gasteiger partial charge < -0.3 is 5.73 Å². The summed E-state index contributed by atoms with van der Waals surface area (Å²) < 4.78 is 53.0. The van der Waals surface area contributed by atoms with Gasteiger partial charge in [0.25, 0.3) is 0 Å². The molecule has 0 saturated carbocycles. The fourth-order valence-corrected chi connectivity index (χ4v) is 2.03. The van der Waals surface area contributed by atoms with Crippen molar-refractivity contribution in [3.05, 3.63) is 40.6 Å². The Balaban J connectivity index is 2.91. The molecule has 3 N–H and O–H groups in total. The van der Waals surface area contributed by atoms with Crippen LogP contribution in [0.2, 0.25) is 0 Å². The monoisotopic (exact) mass is 372 g/mol. The van der Waals surface area contributed by atoms with Crippen LogP contribution in [0.15, 0.2) is 23.6 Å².